The van der Waals surface area contributed by atoms with Gasteiger partial charge in [0.05, 0.1) is 17.6 Å². The minimum absolute atomic E-state index is 0.249. The average Bonchev–Trinajstić information content (AvgIpc) is 2.91. The van der Waals surface area contributed by atoms with Crippen LogP contribution < -0.4 is 0 Å². The van der Waals surface area contributed by atoms with Crippen LogP contribution in [0.1, 0.15) is 51.4 Å². The number of carbonyl (C=O) groups is 1. The normalized spacial score (nSPS) is 41.1. The molecule has 2 saturated heterocycles. The number of hydrogen-bond acceptors (Lipinski definition) is 2. The summed E-state index contributed by atoms with van der Waals surface area (Å²) in [6.45, 7) is 0. The van der Waals surface area contributed by atoms with Crippen LogP contribution in [0.4, 0.5) is 0 Å². The third-order valence-corrected chi connectivity index (χ3v) is 4.99. The highest BCUT2D eigenvalue weighted by Crippen LogP contribution is 2.53. The number of ether oxygens (including phenoxy) is 1. The van der Waals surface area contributed by atoms with Crippen molar-refractivity contribution in [3.05, 3.63) is 0 Å². The smallest absolute Gasteiger partial charge is 0.310 e. The van der Waals surface area contributed by atoms with Crippen LogP contribution in [0.15, 0.2) is 0 Å². The molecule has 0 radical (unpaired) electrons. The largest absolute Gasteiger partial charge is 0.481 e. The molecule has 0 aromatic carbocycles. The van der Waals surface area contributed by atoms with Gasteiger partial charge in [0.1, 0.15) is 0 Å². The van der Waals surface area contributed by atoms with Crippen molar-refractivity contribution >= 4 is 5.97 Å². The van der Waals surface area contributed by atoms with E-state index in [-0.39, 0.29) is 6.10 Å². The molecule has 3 unspecified atom stereocenters. The van der Waals surface area contributed by atoms with Gasteiger partial charge in [-0.05, 0) is 32.1 Å². The van der Waals surface area contributed by atoms with Crippen LogP contribution >= 0.6 is 0 Å². The first-order valence-corrected chi connectivity index (χ1v) is 6.61. The van der Waals surface area contributed by atoms with Crippen molar-refractivity contribution in [2.45, 2.75) is 63.6 Å². The molecule has 3 fully saturated rings. The SMILES string of the molecule is O=C(O)C1(C2CC3CCC2O3)CCCCC1. The Kier molecular flexibility index (Phi) is 2.46. The summed E-state index contributed by atoms with van der Waals surface area (Å²) in [5, 5.41) is 9.62. The number of carboxylic acids is 1. The lowest BCUT2D eigenvalue weighted by atomic mass is 9.61. The predicted octanol–water partition coefficient (Wildman–Crippen LogP) is 2.59. The molecule has 90 valence electrons. The second-order valence-corrected chi connectivity index (χ2v) is 5.74. The fourth-order valence-corrected chi connectivity index (χ4v) is 4.15. The van der Waals surface area contributed by atoms with Gasteiger partial charge in [-0.3, -0.25) is 4.79 Å². The summed E-state index contributed by atoms with van der Waals surface area (Å²) in [6, 6.07) is 0. The minimum Gasteiger partial charge on any atom is -0.481 e. The van der Waals surface area contributed by atoms with E-state index < -0.39 is 11.4 Å². The molecule has 3 atom stereocenters. The first-order chi connectivity index (χ1) is 7.72. The Labute approximate surface area is 96.2 Å². The Balaban J connectivity index is 1.85. The zero-order valence-electron chi connectivity index (χ0n) is 9.65. The maximum absolute atomic E-state index is 11.7. The van der Waals surface area contributed by atoms with E-state index in [2.05, 4.69) is 0 Å². The lowest BCUT2D eigenvalue weighted by Gasteiger charge is -2.40. The van der Waals surface area contributed by atoms with Crippen molar-refractivity contribution in [3.63, 3.8) is 0 Å². The van der Waals surface area contributed by atoms with Crippen LogP contribution in [0.5, 0.6) is 0 Å². The van der Waals surface area contributed by atoms with Gasteiger partial charge >= 0.3 is 5.97 Å². The molecule has 3 aliphatic rings. The minimum atomic E-state index is -0.562. The van der Waals surface area contributed by atoms with Crippen molar-refractivity contribution in [2.75, 3.05) is 0 Å². The Morgan fingerprint density at radius 1 is 1.19 bits per heavy atom. The Bertz CT molecular complexity index is 294. The quantitative estimate of drug-likeness (QED) is 0.784. The van der Waals surface area contributed by atoms with E-state index >= 15 is 0 Å². The summed E-state index contributed by atoms with van der Waals surface area (Å²) in [7, 11) is 0. The van der Waals surface area contributed by atoms with Gasteiger partial charge in [0, 0.05) is 5.92 Å². The molecule has 3 rings (SSSR count). The standard InChI is InChI=1S/C13H20O3/c14-12(15)13(6-2-1-3-7-13)10-8-9-4-5-11(10)16-9/h9-11H,1-8H2,(H,14,15). The van der Waals surface area contributed by atoms with Gasteiger partial charge in [-0.15, -0.1) is 0 Å². The highest BCUT2D eigenvalue weighted by molar-refractivity contribution is 5.75. The summed E-state index contributed by atoms with van der Waals surface area (Å²) >= 11 is 0. The van der Waals surface area contributed by atoms with Gasteiger partial charge in [0.15, 0.2) is 0 Å². The molecule has 2 bridgehead atoms. The van der Waals surface area contributed by atoms with E-state index in [0.717, 1.165) is 44.9 Å². The molecular formula is C13H20O3. The lowest BCUT2D eigenvalue weighted by Crippen LogP contribution is -2.44. The summed E-state index contributed by atoms with van der Waals surface area (Å²) < 4.78 is 5.85. The number of rotatable bonds is 2. The fourth-order valence-electron chi connectivity index (χ4n) is 4.15. The Morgan fingerprint density at radius 3 is 2.44 bits per heavy atom. The van der Waals surface area contributed by atoms with Gasteiger partial charge in [0.2, 0.25) is 0 Å². The Hall–Kier alpha value is -0.570. The maximum Gasteiger partial charge on any atom is 0.310 e. The van der Waals surface area contributed by atoms with E-state index in [0.29, 0.717) is 12.0 Å². The van der Waals surface area contributed by atoms with E-state index in [4.69, 9.17) is 4.74 Å². The molecule has 3 nitrogen and oxygen atoms in total. The first-order valence-electron chi connectivity index (χ1n) is 6.61. The van der Waals surface area contributed by atoms with Gasteiger partial charge < -0.3 is 9.84 Å². The van der Waals surface area contributed by atoms with Crippen LogP contribution in [0.3, 0.4) is 0 Å². The van der Waals surface area contributed by atoms with Gasteiger partial charge in [-0.25, -0.2) is 0 Å². The van der Waals surface area contributed by atoms with Gasteiger partial charge in [0.25, 0.3) is 0 Å². The molecule has 16 heavy (non-hydrogen) atoms. The number of aliphatic carboxylic acids is 1. The van der Waals surface area contributed by atoms with Crippen molar-refractivity contribution in [1.29, 1.82) is 0 Å². The fraction of sp³-hybridized carbons (Fsp3) is 0.923. The third kappa shape index (κ3) is 1.41. The van der Waals surface area contributed by atoms with Gasteiger partial charge in [-0.1, -0.05) is 19.3 Å². The monoisotopic (exact) mass is 224 g/mol. The summed E-state index contributed by atoms with van der Waals surface area (Å²) in [5.74, 6) is -0.266. The second-order valence-electron chi connectivity index (χ2n) is 5.74. The van der Waals surface area contributed by atoms with Crippen LogP contribution in [0, 0.1) is 11.3 Å². The van der Waals surface area contributed by atoms with Crippen molar-refractivity contribution in [2.24, 2.45) is 11.3 Å². The molecule has 0 amide bonds. The van der Waals surface area contributed by atoms with Crippen LogP contribution in [-0.2, 0) is 9.53 Å². The lowest BCUT2D eigenvalue weighted by molar-refractivity contribution is -0.157. The second kappa shape index (κ2) is 3.73. The predicted molar refractivity (Wildman–Crippen MR) is 59.2 cm³/mol. The summed E-state index contributed by atoms with van der Waals surface area (Å²) in [5.41, 5.74) is -0.446. The number of carboxylic acid groups (broad SMARTS) is 1. The molecule has 1 N–H and O–H groups in total. The van der Waals surface area contributed by atoms with Crippen molar-refractivity contribution in [3.8, 4) is 0 Å². The van der Waals surface area contributed by atoms with E-state index in [1.54, 1.807) is 0 Å². The van der Waals surface area contributed by atoms with E-state index in [1.165, 1.54) is 6.42 Å². The number of hydrogen-bond donors (Lipinski definition) is 1. The average molecular weight is 224 g/mol. The van der Waals surface area contributed by atoms with E-state index in [1.807, 2.05) is 0 Å². The van der Waals surface area contributed by atoms with Crippen LogP contribution in [0.2, 0.25) is 0 Å². The molecule has 0 aromatic heterocycles. The summed E-state index contributed by atoms with van der Waals surface area (Å²) in [4.78, 5) is 11.7. The molecule has 1 aliphatic carbocycles. The molecule has 2 aliphatic heterocycles. The van der Waals surface area contributed by atoms with Crippen LogP contribution in [-0.4, -0.2) is 23.3 Å². The van der Waals surface area contributed by atoms with Crippen molar-refractivity contribution in [1.82, 2.24) is 0 Å². The highest BCUT2D eigenvalue weighted by Gasteiger charge is 2.55. The molecule has 3 heteroatoms. The zero-order valence-corrected chi connectivity index (χ0v) is 9.65. The maximum atomic E-state index is 11.7. The van der Waals surface area contributed by atoms with E-state index in [9.17, 15) is 9.90 Å². The van der Waals surface area contributed by atoms with Crippen LogP contribution in [0.25, 0.3) is 0 Å². The number of fused-ring (bicyclic) bond motifs is 2. The molecule has 1 saturated carbocycles. The van der Waals surface area contributed by atoms with Crippen molar-refractivity contribution < 1.29 is 14.6 Å². The molecule has 2 heterocycles. The molecule has 0 spiro atoms. The highest BCUT2D eigenvalue weighted by atomic mass is 16.5. The van der Waals surface area contributed by atoms with Gasteiger partial charge in [-0.2, -0.15) is 0 Å². The molecular weight excluding hydrogens is 204 g/mol. The first kappa shape index (κ1) is 10.6. The Morgan fingerprint density at radius 2 is 1.94 bits per heavy atom. The third-order valence-electron chi connectivity index (χ3n) is 4.99. The molecule has 0 aromatic rings. The zero-order chi connectivity index (χ0) is 11.2. The summed E-state index contributed by atoms with van der Waals surface area (Å²) in [6.07, 6.45) is 8.97. The topological polar surface area (TPSA) is 46.5 Å².